The molecule has 0 spiro atoms. The molecule has 5 heteroatoms. The van der Waals surface area contributed by atoms with Crippen molar-refractivity contribution < 1.29 is 13.7 Å². The zero-order valence-corrected chi connectivity index (χ0v) is 18.2. The number of piperidine rings is 1. The Morgan fingerprint density at radius 1 is 1.27 bits per heavy atom. The van der Waals surface area contributed by atoms with Gasteiger partial charge in [-0.3, -0.25) is 0 Å². The highest BCUT2D eigenvalue weighted by Crippen LogP contribution is 2.24. The number of allylic oxidation sites excluding steroid dienone is 4. The second-order valence-electron chi connectivity index (χ2n) is 6.89. The zero-order chi connectivity index (χ0) is 20.0. The molecule has 0 radical (unpaired) electrons. The lowest BCUT2D eigenvalue weighted by molar-refractivity contribution is 0.0168. The van der Waals surface area contributed by atoms with E-state index in [4.69, 9.17) is 8.92 Å². The molecule has 0 aliphatic carbocycles. The average molecular weight is 384 g/mol. The maximum absolute atomic E-state index is 12.0. The van der Waals surface area contributed by atoms with Crippen molar-refractivity contribution in [2.45, 2.75) is 66.4 Å². The Labute approximate surface area is 164 Å². The molecular formula is C21H37NO3S. The van der Waals surface area contributed by atoms with Crippen LogP contribution in [0.5, 0.6) is 0 Å². The van der Waals surface area contributed by atoms with Gasteiger partial charge in [0.05, 0.1) is 6.61 Å². The molecule has 1 aliphatic rings. The number of carbonyl (C=O) groups excluding carboxylic acids is 1. The van der Waals surface area contributed by atoms with E-state index in [-0.39, 0.29) is 6.09 Å². The first-order valence-corrected chi connectivity index (χ1v) is 10.4. The Bertz CT molecular complexity index is 458. The topological polar surface area (TPSA) is 38.8 Å². The summed E-state index contributed by atoms with van der Waals surface area (Å²) in [4.78, 5) is 14.9. The largest absolute Gasteiger partial charge is 0.444 e. The van der Waals surface area contributed by atoms with Crippen LogP contribution in [-0.2, 0) is 8.92 Å². The maximum atomic E-state index is 12.0. The lowest BCUT2D eigenvalue weighted by Crippen LogP contribution is -2.42. The minimum atomic E-state index is -0.437. The van der Waals surface area contributed by atoms with Gasteiger partial charge in [0.1, 0.15) is 5.60 Å². The summed E-state index contributed by atoms with van der Waals surface area (Å²) in [5.41, 5.74) is -0.437. The summed E-state index contributed by atoms with van der Waals surface area (Å²) in [6.45, 7) is 17.7. The van der Waals surface area contributed by atoms with E-state index in [2.05, 4.69) is 25.7 Å². The van der Waals surface area contributed by atoms with Gasteiger partial charge in [-0.05, 0) is 52.0 Å². The Morgan fingerprint density at radius 2 is 1.88 bits per heavy atom. The molecule has 0 bridgehead atoms. The number of likely N-dealkylation sites (tertiary alicyclic amines) is 1. The van der Waals surface area contributed by atoms with E-state index in [0.717, 1.165) is 37.3 Å². The van der Waals surface area contributed by atoms with Crippen LogP contribution in [0, 0.1) is 5.92 Å². The van der Waals surface area contributed by atoms with Crippen LogP contribution in [0.4, 0.5) is 4.79 Å². The number of hydrogen-bond acceptors (Lipinski definition) is 4. The van der Waals surface area contributed by atoms with Crippen molar-refractivity contribution in [3.8, 4) is 0 Å². The molecule has 1 rings (SSSR count). The summed E-state index contributed by atoms with van der Waals surface area (Å²) in [6, 6.07) is 0. The summed E-state index contributed by atoms with van der Waals surface area (Å²) < 4.78 is 11.2. The van der Waals surface area contributed by atoms with E-state index in [1.165, 1.54) is 12.0 Å². The fourth-order valence-electron chi connectivity index (χ4n) is 2.27. The second-order valence-corrected chi connectivity index (χ2v) is 7.77. The molecular weight excluding hydrogens is 346 g/mol. The van der Waals surface area contributed by atoms with Gasteiger partial charge in [-0.1, -0.05) is 45.6 Å². The first kappa shape index (κ1) is 24.8. The second kappa shape index (κ2) is 13.9. The summed E-state index contributed by atoms with van der Waals surface area (Å²) in [7, 11) is 0. The van der Waals surface area contributed by atoms with Gasteiger partial charge in [-0.2, -0.15) is 0 Å². The summed E-state index contributed by atoms with van der Waals surface area (Å²) in [5, 5.41) is 0. The van der Waals surface area contributed by atoms with Crippen LogP contribution in [0.25, 0.3) is 0 Å². The number of hydrogen-bond donors (Lipinski definition) is 0. The Hall–Kier alpha value is -1.20. The predicted octanol–water partition coefficient (Wildman–Crippen LogP) is 6.36. The van der Waals surface area contributed by atoms with Gasteiger partial charge in [0, 0.05) is 30.0 Å². The molecule has 1 amide bonds. The molecule has 1 saturated heterocycles. The maximum Gasteiger partial charge on any atom is 0.410 e. The van der Waals surface area contributed by atoms with Crippen molar-refractivity contribution >= 4 is 18.1 Å². The van der Waals surface area contributed by atoms with E-state index in [1.807, 2.05) is 40.7 Å². The quantitative estimate of drug-likeness (QED) is 0.379. The van der Waals surface area contributed by atoms with Crippen molar-refractivity contribution in [3.05, 3.63) is 35.8 Å². The third kappa shape index (κ3) is 11.4. The Kier molecular flexibility index (Phi) is 13.3. The van der Waals surface area contributed by atoms with Crippen molar-refractivity contribution in [1.82, 2.24) is 4.90 Å². The minimum absolute atomic E-state index is 0.211. The number of nitrogens with zero attached hydrogens (tertiary/aromatic N) is 1. The van der Waals surface area contributed by atoms with Crippen LogP contribution < -0.4 is 0 Å². The summed E-state index contributed by atoms with van der Waals surface area (Å²) in [6.07, 6.45) is 10.6. The lowest BCUT2D eigenvalue weighted by Gasteiger charge is -2.33. The van der Waals surface area contributed by atoms with E-state index >= 15 is 0 Å². The first-order valence-electron chi connectivity index (χ1n) is 9.62. The first-order chi connectivity index (χ1) is 12.4. The summed E-state index contributed by atoms with van der Waals surface area (Å²) >= 11 is 1.39. The standard InChI is InChI=1S/C19H31NO3S.C2H6/c1-6-8-10-17(9-7-2)24-22-15-16-11-13-20(14-12-16)18(21)23-19(3,4)5;1-2/h7-10,16H,2,6,11-15H2,1,3-5H3;1-2H3/b10-8-,17-9+;. The van der Waals surface area contributed by atoms with E-state index in [0.29, 0.717) is 12.5 Å². The molecule has 0 aromatic heterocycles. The molecule has 26 heavy (non-hydrogen) atoms. The fraction of sp³-hybridized carbons (Fsp3) is 0.667. The van der Waals surface area contributed by atoms with Crippen LogP contribution in [0.1, 0.15) is 60.8 Å². The Balaban J connectivity index is 0.00000301. The molecule has 4 nitrogen and oxygen atoms in total. The molecule has 0 aromatic rings. The van der Waals surface area contributed by atoms with Crippen molar-refractivity contribution in [3.63, 3.8) is 0 Å². The molecule has 0 N–H and O–H groups in total. The highest BCUT2D eigenvalue weighted by Gasteiger charge is 2.26. The van der Waals surface area contributed by atoms with Crippen LogP contribution in [-0.4, -0.2) is 36.3 Å². The van der Waals surface area contributed by atoms with Crippen LogP contribution in [0.2, 0.25) is 0 Å². The van der Waals surface area contributed by atoms with Crippen molar-refractivity contribution in [2.24, 2.45) is 5.92 Å². The molecule has 0 saturated carbocycles. The Morgan fingerprint density at radius 3 is 2.38 bits per heavy atom. The van der Waals surface area contributed by atoms with Gasteiger partial charge >= 0.3 is 6.09 Å². The van der Waals surface area contributed by atoms with Crippen LogP contribution in [0.15, 0.2) is 35.8 Å². The minimum Gasteiger partial charge on any atom is -0.444 e. The van der Waals surface area contributed by atoms with E-state index < -0.39 is 5.60 Å². The molecule has 1 heterocycles. The number of rotatable bonds is 7. The van der Waals surface area contributed by atoms with Gasteiger partial charge in [-0.15, -0.1) is 0 Å². The predicted molar refractivity (Wildman–Crippen MR) is 113 cm³/mol. The highest BCUT2D eigenvalue weighted by atomic mass is 32.2. The van der Waals surface area contributed by atoms with Crippen LogP contribution >= 0.6 is 12.0 Å². The molecule has 0 aromatic carbocycles. The van der Waals surface area contributed by atoms with Gasteiger partial charge < -0.3 is 13.8 Å². The fourth-order valence-corrected chi connectivity index (χ4v) is 2.97. The highest BCUT2D eigenvalue weighted by molar-refractivity contribution is 7.98. The number of carbonyl (C=O) groups is 1. The van der Waals surface area contributed by atoms with Crippen molar-refractivity contribution in [2.75, 3.05) is 19.7 Å². The van der Waals surface area contributed by atoms with Gasteiger partial charge in [0.25, 0.3) is 0 Å². The monoisotopic (exact) mass is 383 g/mol. The molecule has 150 valence electrons. The molecule has 1 aliphatic heterocycles. The molecule has 0 atom stereocenters. The van der Waals surface area contributed by atoms with Crippen molar-refractivity contribution in [1.29, 1.82) is 0 Å². The van der Waals surface area contributed by atoms with Gasteiger partial charge in [-0.25, -0.2) is 4.79 Å². The third-order valence-corrected chi connectivity index (χ3v) is 4.24. The normalized spacial score (nSPS) is 16.2. The van der Waals surface area contributed by atoms with E-state index in [1.54, 1.807) is 11.0 Å². The summed E-state index contributed by atoms with van der Waals surface area (Å²) in [5.74, 6) is 0.483. The third-order valence-electron chi connectivity index (χ3n) is 3.53. The van der Waals surface area contributed by atoms with E-state index in [9.17, 15) is 4.79 Å². The smallest absolute Gasteiger partial charge is 0.410 e. The lowest BCUT2D eigenvalue weighted by atomic mass is 9.98. The zero-order valence-electron chi connectivity index (χ0n) is 17.4. The number of ether oxygens (including phenoxy) is 1. The SMILES string of the molecule is C=C/C=C(\C=C/CC)SOCC1CCN(C(=O)OC(C)(C)C)CC1.CC. The van der Waals surface area contributed by atoms with Crippen LogP contribution in [0.3, 0.4) is 0 Å². The molecule has 0 unspecified atom stereocenters. The number of amides is 1. The van der Waals surface area contributed by atoms with Gasteiger partial charge in [0.2, 0.25) is 0 Å². The molecule has 1 fully saturated rings. The average Bonchev–Trinajstić information content (AvgIpc) is 2.60. The van der Waals surface area contributed by atoms with Gasteiger partial charge in [0.15, 0.2) is 0 Å².